The van der Waals surface area contributed by atoms with Crippen LogP contribution >= 0.6 is 0 Å². The topological polar surface area (TPSA) is 76.1 Å². The first-order valence-corrected chi connectivity index (χ1v) is 9.80. The Balaban J connectivity index is 1.67. The first-order valence-electron chi connectivity index (χ1n) is 9.80. The molecule has 27 heavy (non-hydrogen) atoms. The summed E-state index contributed by atoms with van der Waals surface area (Å²) in [6.45, 7) is 4.13. The molecular formula is C21H28N4O2. The van der Waals surface area contributed by atoms with Gasteiger partial charge in [-0.2, -0.15) is 4.98 Å². The normalized spacial score (nSPS) is 15.0. The van der Waals surface area contributed by atoms with E-state index in [1.807, 2.05) is 25.1 Å². The monoisotopic (exact) mass is 368 g/mol. The van der Waals surface area contributed by atoms with Gasteiger partial charge in [-0.3, -0.25) is 0 Å². The third-order valence-electron chi connectivity index (χ3n) is 4.71. The highest BCUT2D eigenvalue weighted by atomic mass is 16.5. The van der Waals surface area contributed by atoms with Crippen molar-refractivity contribution >= 4 is 23.4 Å². The molecule has 6 heteroatoms. The molecule has 1 aliphatic rings. The molecule has 0 bridgehead atoms. The van der Waals surface area contributed by atoms with Crippen LogP contribution in [0.15, 0.2) is 30.3 Å². The zero-order valence-electron chi connectivity index (χ0n) is 16.1. The lowest BCUT2D eigenvalue weighted by molar-refractivity contribution is 0.0526. The summed E-state index contributed by atoms with van der Waals surface area (Å²) in [5, 5.41) is 6.79. The second-order valence-electron chi connectivity index (χ2n) is 6.97. The molecule has 0 radical (unpaired) electrons. The van der Waals surface area contributed by atoms with Crippen molar-refractivity contribution in [2.45, 2.75) is 58.4 Å². The summed E-state index contributed by atoms with van der Waals surface area (Å²) in [6.07, 6.45) is 7.60. The van der Waals surface area contributed by atoms with Crippen molar-refractivity contribution in [3.8, 4) is 0 Å². The first kappa shape index (κ1) is 19.1. The minimum Gasteiger partial charge on any atom is -0.462 e. The van der Waals surface area contributed by atoms with E-state index in [1.54, 1.807) is 19.1 Å². The standard InChI is InChI=1S/C21H28N4O2/c1-3-27-20(26)16-10-12-18(13-11-16)24-21-22-15(2)14-19(25-21)23-17-8-6-4-5-7-9-17/h10-14,17H,3-9H2,1-2H3,(H2,22,23,24,25). The van der Waals surface area contributed by atoms with Crippen LogP contribution in [0.5, 0.6) is 0 Å². The van der Waals surface area contributed by atoms with Crippen LogP contribution < -0.4 is 10.6 Å². The van der Waals surface area contributed by atoms with E-state index in [1.165, 1.54) is 38.5 Å². The molecule has 2 aromatic rings. The van der Waals surface area contributed by atoms with Gasteiger partial charge in [0.15, 0.2) is 0 Å². The number of esters is 1. The highest BCUT2D eigenvalue weighted by molar-refractivity contribution is 5.89. The number of nitrogens with zero attached hydrogens (tertiary/aromatic N) is 2. The van der Waals surface area contributed by atoms with Crippen molar-refractivity contribution < 1.29 is 9.53 Å². The van der Waals surface area contributed by atoms with Gasteiger partial charge in [-0.25, -0.2) is 9.78 Å². The number of carbonyl (C=O) groups is 1. The van der Waals surface area contributed by atoms with Crippen molar-refractivity contribution in [3.05, 3.63) is 41.6 Å². The fourth-order valence-electron chi connectivity index (χ4n) is 3.36. The number of hydrogen-bond donors (Lipinski definition) is 2. The summed E-state index contributed by atoms with van der Waals surface area (Å²) in [4.78, 5) is 20.8. The Morgan fingerprint density at radius 3 is 2.48 bits per heavy atom. The summed E-state index contributed by atoms with van der Waals surface area (Å²) < 4.78 is 5.01. The van der Waals surface area contributed by atoms with Gasteiger partial charge in [-0.1, -0.05) is 25.7 Å². The highest BCUT2D eigenvalue weighted by Crippen LogP contribution is 2.22. The van der Waals surface area contributed by atoms with Crippen molar-refractivity contribution in [2.75, 3.05) is 17.2 Å². The number of ether oxygens (including phenoxy) is 1. The first-order chi connectivity index (χ1) is 13.1. The summed E-state index contributed by atoms with van der Waals surface area (Å²) in [6, 6.07) is 9.60. The van der Waals surface area contributed by atoms with Gasteiger partial charge >= 0.3 is 5.97 Å². The number of aryl methyl sites for hydroxylation is 1. The van der Waals surface area contributed by atoms with Crippen molar-refractivity contribution in [1.82, 2.24) is 9.97 Å². The number of nitrogens with one attached hydrogen (secondary N) is 2. The predicted molar refractivity (Wildman–Crippen MR) is 108 cm³/mol. The molecule has 1 saturated carbocycles. The van der Waals surface area contributed by atoms with Crippen LogP contribution in [0.25, 0.3) is 0 Å². The van der Waals surface area contributed by atoms with Crippen molar-refractivity contribution in [2.24, 2.45) is 0 Å². The molecule has 1 aliphatic carbocycles. The molecule has 0 amide bonds. The minimum atomic E-state index is -0.314. The van der Waals surface area contributed by atoms with Gasteiger partial charge in [-0.05, 0) is 51.0 Å². The van der Waals surface area contributed by atoms with E-state index in [0.29, 0.717) is 24.2 Å². The number of hydrogen-bond acceptors (Lipinski definition) is 6. The van der Waals surface area contributed by atoms with Crippen LogP contribution in [-0.2, 0) is 4.74 Å². The fraction of sp³-hybridized carbons (Fsp3) is 0.476. The van der Waals surface area contributed by atoms with E-state index < -0.39 is 0 Å². The Morgan fingerprint density at radius 1 is 1.11 bits per heavy atom. The largest absolute Gasteiger partial charge is 0.462 e. The van der Waals surface area contributed by atoms with Crippen LogP contribution in [0, 0.1) is 6.92 Å². The fourth-order valence-corrected chi connectivity index (χ4v) is 3.36. The molecule has 0 atom stereocenters. The van der Waals surface area contributed by atoms with Gasteiger partial charge in [0.05, 0.1) is 12.2 Å². The third-order valence-corrected chi connectivity index (χ3v) is 4.71. The van der Waals surface area contributed by atoms with Crippen LogP contribution in [0.1, 0.15) is 61.5 Å². The second kappa shape index (κ2) is 9.35. The molecule has 0 unspecified atom stereocenters. The molecule has 1 aromatic carbocycles. The number of rotatable bonds is 6. The predicted octanol–water partition coefficient (Wildman–Crippen LogP) is 4.84. The van der Waals surface area contributed by atoms with Crippen LogP contribution in [-0.4, -0.2) is 28.6 Å². The smallest absolute Gasteiger partial charge is 0.338 e. The van der Waals surface area contributed by atoms with E-state index >= 15 is 0 Å². The lowest BCUT2D eigenvalue weighted by Crippen LogP contribution is -2.19. The SMILES string of the molecule is CCOC(=O)c1ccc(Nc2nc(C)cc(NC3CCCCCC3)n2)cc1. The summed E-state index contributed by atoms with van der Waals surface area (Å²) in [5.41, 5.74) is 2.27. The molecule has 1 heterocycles. The molecule has 0 spiro atoms. The lowest BCUT2D eigenvalue weighted by atomic mass is 10.1. The van der Waals surface area contributed by atoms with Crippen molar-refractivity contribution in [3.63, 3.8) is 0 Å². The molecule has 6 nitrogen and oxygen atoms in total. The Hall–Kier alpha value is -2.63. The maximum Gasteiger partial charge on any atom is 0.338 e. The van der Waals surface area contributed by atoms with E-state index in [4.69, 9.17) is 4.74 Å². The van der Waals surface area contributed by atoms with E-state index in [0.717, 1.165) is 17.2 Å². The summed E-state index contributed by atoms with van der Waals surface area (Å²) >= 11 is 0. The van der Waals surface area contributed by atoms with E-state index in [9.17, 15) is 4.79 Å². The minimum absolute atomic E-state index is 0.314. The lowest BCUT2D eigenvalue weighted by Gasteiger charge is -2.17. The van der Waals surface area contributed by atoms with Crippen molar-refractivity contribution in [1.29, 1.82) is 0 Å². The highest BCUT2D eigenvalue weighted by Gasteiger charge is 2.13. The Kier molecular flexibility index (Phi) is 6.63. The average molecular weight is 368 g/mol. The number of benzene rings is 1. The van der Waals surface area contributed by atoms with Crippen LogP contribution in [0.4, 0.5) is 17.5 Å². The maximum atomic E-state index is 11.7. The maximum absolute atomic E-state index is 11.7. The van der Waals surface area contributed by atoms with Gasteiger partial charge < -0.3 is 15.4 Å². The number of carbonyl (C=O) groups excluding carboxylic acids is 1. The van der Waals surface area contributed by atoms with Gasteiger partial charge in [-0.15, -0.1) is 0 Å². The zero-order chi connectivity index (χ0) is 19.1. The van der Waals surface area contributed by atoms with E-state index in [-0.39, 0.29) is 5.97 Å². The summed E-state index contributed by atoms with van der Waals surface area (Å²) in [7, 11) is 0. The summed E-state index contributed by atoms with van der Waals surface area (Å²) in [5.74, 6) is 1.10. The van der Waals surface area contributed by atoms with Gasteiger partial charge in [0.25, 0.3) is 0 Å². The molecule has 0 saturated heterocycles. The molecule has 3 rings (SSSR count). The molecule has 2 N–H and O–H groups in total. The number of anilines is 3. The van der Waals surface area contributed by atoms with Gasteiger partial charge in [0, 0.05) is 23.5 Å². The molecule has 0 aliphatic heterocycles. The third kappa shape index (κ3) is 5.67. The molecule has 144 valence electrons. The zero-order valence-corrected chi connectivity index (χ0v) is 16.1. The molecular weight excluding hydrogens is 340 g/mol. The molecule has 1 fully saturated rings. The van der Waals surface area contributed by atoms with E-state index in [2.05, 4.69) is 20.6 Å². The Labute approximate surface area is 160 Å². The van der Waals surface area contributed by atoms with Gasteiger partial charge in [0.1, 0.15) is 5.82 Å². The van der Waals surface area contributed by atoms with Crippen LogP contribution in [0.3, 0.4) is 0 Å². The number of aromatic nitrogens is 2. The van der Waals surface area contributed by atoms with Crippen LogP contribution in [0.2, 0.25) is 0 Å². The van der Waals surface area contributed by atoms with Gasteiger partial charge in [0.2, 0.25) is 5.95 Å². The quantitative estimate of drug-likeness (QED) is 0.561. The molecule has 1 aromatic heterocycles. The second-order valence-corrected chi connectivity index (χ2v) is 6.97. The average Bonchev–Trinajstić information content (AvgIpc) is 2.91. The Morgan fingerprint density at radius 2 is 1.81 bits per heavy atom. The Bertz CT molecular complexity index is 753.